The fourth-order valence-corrected chi connectivity index (χ4v) is 4.87. The molecule has 1 atom stereocenters. The van der Waals surface area contributed by atoms with Gasteiger partial charge in [0, 0.05) is 36.3 Å². The Bertz CT molecular complexity index is 745. The Morgan fingerprint density at radius 3 is 3.05 bits per heavy atom. The Morgan fingerprint density at radius 1 is 1.33 bits per heavy atom. The minimum absolute atomic E-state index is 0.307. The van der Waals surface area contributed by atoms with Gasteiger partial charge in [-0.3, -0.25) is 4.98 Å². The van der Waals surface area contributed by atoms with E-state index in [-0.39, 0.29) is 0 Å². The van der Waals surface area contributed by atoms with E-state index in [1.165, 1.54) is 4.42 Å². The molecule has 1 N–H and O–H groups in total. The van der Waals surface area contributed by atoms with Crippen LogP contribution in [0.4, 0.5) is 0 Å². The molecule has 0 saturated carbocycles. The summed E-state index contributed by atoms with van der Waals surface area (Å²) in [4.78, 5) is 4.34. The summed E-state index contributed by atoms with van der Waals surface area (Å²) < 4.78 is 27.4. The van der Waals surface area contributed by atoms with Gasteiger partial charge in [0.25, 0.3) is 0 Å². The summed E-state index contributed by atoms with van der Waals surface area (Å²) in [6, 6.07) is 6.95. The fraction of sp³-hybridized carbons (Fsp3) is 0.357. The molecule has 7 heteroatoms. The second-order valence-corrected chi connectivity index (χ2v) is 7.54. The van der Waals surface area contributed by atoms with Gasteiger partial charge in [-0.05, 0) is 36.9 Å². The topological polar surface area (TPSA) is 62.3 Å². The van der Waals surface area contributed by atoms with E-state index in [0.717, 1.165) is 18.4 Å². The standard InChI is InChI=1S/C14H16ClN3O2S/c15-18-8-2-6-16-10-14(18)21(19,20)13-4-1-3-11-9-17-7-5-12(11)13/h1,3-5,7,9,14,16H,2,6,8,10H2. The van der Waals surface area contributed by atoms with E-state index >= 15 is 0 Å². The van der Waals surface area contributed by atoms with Crippen LogP contribution >= 0.6 is 11.8 Å². The second-order valence-electron chi connectivity index (χ2n) is 5.03. The molecule has 1 fully saturated rings. The molecule has 1 aliphatic rings. The number of hydrogen-bond donors (Lipinski definition) is 1. The molecule has 0 radical (unpaired) electrons. The largest absolute Gasteiger partial charge is 0.314 e. The van der Waals surface area contributed by atoms with Crippen molar-refractivity contribution in [1.82, 2.24) is 14.7 Å². The molecule has 0 aliphatic carbocycles. The first-order chi connectivity index (χ1) is 10.1. The van der Waals surface area contributed by atoms with Crippen LogP contribution in [0.2, 0.25) is 0 Å². The average molecular weight is 326 g/mol. The highest BCUT2D eigenvalue weighted by Gasteiger charge is 2.34. The first-order valence-electron chi connectivity index (χ1n) is 6.80. The van der Waals surface area contributed by atoms with Crippen molar-refractivity contribution in [1.29, 1.82) is 0 Å². The molecule has 0 spiro atoms. The van der Waals surface area contributed by atoms with Gasteiger partial charge in [-0.2, -0.15) is 0 Å². The molecular weight excluding hydrogens is 310 g/mol. The number of fused-ring (bicyclic) bond motifs is 1. The quantitative estimate of drug-likeness (QED) is 0.853. The SMILES string of the molecule is O=S(=O)(c1cccc2cnccc12)C1CNCCCN1Cl. The minimum atomic E-state index is -3.56. The number of nitrogens with zero attached hydrogens (tertiary/aromatic N) is 2. The Hall–Kier alpha value is -1.21. The van der Waals surface area contributed by atoms with E-state index in [0.29, 0.717) is 23.4 Å². The first-order valence-corrected chi connectivity index (χ1v) is 8.69. The maximum Gasteiger partial charge on any atom is 0.197 e. The zero-order valence-electron chi connectivity index (χ0n) is 11.4. The van der Waals surface area contributed by atoms with Gasteiger partial charge in [0.1, 0.15) is 5.37 Å². The number of nitrogens with one attached hydrogen (secondary N) is 1. The third-order valence-corrected chi connectivity index (χ3v) is 6.29. The molecule has 1 unspecified atom stereocenters. The summed E-state index contributed by atoms with van der Waals surface area (Å²) in [5.41, 5.74) is 0. The van der Waals surface area contributed by atoms with Gasteiger partial charge >= 0.3 is 0 Å². The van der Waals surface area contributed by atoms with Crippen molar-refractivity contribution in [2.75, 3.05) is 19.6 Å². The number of pyridine rings is 1. The van der Waals surface area contributed by atoms with Crippen molar-refractivity contribution in [2.45, 2.75) is 16.7 Å². The van der Waals surface area contributed by atoms with Crippen LogP contribution in [0.25, 0.3) is 10.8 Å². The van der Waals surface area contributed by atoms with Crippen LogP contribution in [0.3, 0.4) is 0 Å². The molecule has 21 heavy (non-hydrogen) atoms. The molecule has 1 aliphatic heterocycles. The summed E-state index contributed by atoms with van der Waals surface area (Å²) in [6.07, 6.45) is 4.10. The molecule has 2 heterocycles. The molecular formula is C14H16ClN3O2S. The molecule has 112 valence electrons. The van der Waals surface area contributed by atoms with Crippen LogP contribution in [-0.2, 0) is 9.84 Å². The van der Waals surface area contributed by atoms with Crippen LogP contribution < -0.4 is 5.32 Å². The number of benzene rings is 1. The molecule has 0 amide bonds. The van der Waals surface area contributed by atoms with Crippen molar-refractivity contribution >= 4 is 32.4 Å². The molecule has 1 saturated heterocycles. The molecule has 1 aromatic carbocycles. The molecule has 3 rings (SSSR count). The lowest BCUT2D eigenvalue weighted by Gasteiger charge is -2.23. The molecule has 5 nitrogen and oxygen atoms in total. The lowest BCUT2D eigenvalue weighted by atomic mass is 10.2. The van der Waals surface area contributed by atoms with Gasteiger partial charge in [0.2, 0.25) is 0 Å². The van der Waals surface area contributed by atoms with Gasteiger partial charge in [0.05, 0.1) is 4.90 Å². The molecule has 2 aromatic rings. The predicted molar refractivity (Wildman–Crippen MR) is 82.8 cm³/mol. The Kier molecular flexibility index (Phi) is 4.12. The smallest absolute Gasteiger partial charge is 0.197 e. The van der Waals surface area contributed by atoms with Crippen molar-refractivity contribution < 1.29 is 8.42 Å². The normalized spacial score (nSPS) is 21.3. The fourth-order valence-electron chi connectivity index (χ4n) is 2.57. The van der Waals surface area contributed by atoms with Crippen LogP contribution in [0.1, 0.15) is 6.42 Å². The van der Waals surface area contributed by atoms with Gasteiger partial charge in [-0.1, -0.05) is 12.1 Å². The predicted octanol–water partition coefficient (Wildman–Crippen LogP) is 1.78. The van der Waals surface area contributed by atoms with E-state index < -0.39 is 15.2 Å². The summed E-state index contributed by atoms with van der Waals surface area (Å²) in [6.45, 7) is 1.65. The van der Waals surface area contributed by atoms with Crippen molar-refractivity contribution in [3.8, 4) is 0 Å². The molecule has 0 bridgehead atoms. The third-order valence-electron chi connectivity index (χ3n) is 3.66. The summed E-state index contributed by atoms with van der Waals surface area (Å²) in [7, 11) is -3.56. The maximum absolute atomic E-state index is 13.0. The molecule has 1 aromatic heterocycles. The second kappa shape index (κ2) is 5.88. The zero-order chi connectivity index (χ0) is 14.9. The van der Waals surface area contributed by atoms with Crippen LogP contribution in [0, 0.1) is 0 Å². The zero-order valence-corrected chi connectivity index (χ0v) is 12.9. The average Bonchev–Trinajstić information content (AvgIpc) is 2.71. The van der Waals surface area contributed by atoms with E-state index in [1.54, 1.807) is 30.6 Å². The Morgan fingerprint density at radius 2 is 2.19 bits per heavy atom. The van der Waals surface area contributed by atoms with E-state index in [4.69, 9.17) is 11.8 Å². The van der Waals surface area contributed by atoms with Crippen LogP contribution in [-0.4, -0.2) is 42.8 Å². The van der Waals surface area contributed by atoms with Gasteiger partial charge in [-0.15, -0.1) is 0 Å². The van der Waals surface area contributed by atoms with E-state index in [9.17, 15) is 8.42 Å². The van der Waals surface area contributed by atoms with Crippen LogP contribution in [0.15, 0.2) is 41.6 Å². The van der Waals surface area contributed by atoms with E-state index in [2.05, 4.69) is 10.3 Å². The summed E-state index contributed by atoms with van der Waals surface area (Å²) in [5, 5.41) is 3.86. The van der Waals surface area contributed by atoms with Crippen molar-refractivity contribution in [3.63, 3.8) is 0 Å². The minimum Gasteiger partial charge on any atom is -0.314 e. The lowest BCUT2D eigenvalue weighted by molar-refractivity contribution is 0.426. The van der Waals surface area contributed by atoms with Gasteiger partial charge < -0.3 is 5.32 Å². The Labute approximate surface area is 129 Å². The highest BCUT2D eigenvalue weighted by Crippen LogP contribution is 2.27. The first kappa shape index (κ1) is 14.7. The number of sulfone groups is 1. The van der Waals surface area contributed by atoms with Crippen molar-refractivity contribution in [2.24, 2.45) is 0 Å². The Balaban J connectivity index is 2.11. The number of hydrogen-bond acceptors (Lipinski definition) is 5. The van der Waals surface area contributed by atoms with Gasteiger partial charge in [0.15, 0.2) is 9.84 Å². The summed E-state index contributed by atoms with van der Waals surface area (Å²) >= 11 is 6.17. The number of halogens is 1. The maximum atomic E-state index is 13.0. The van der Waals surface area contributed by atoms with E-state index in [1.807, 2.05) is 6.07 Å². The van der Waals surface area contributed by atoms with Crippen molar-refractivity contribution in [3.05, 3.63) is 36.7 Å². The lowest BCUT2D eigenvalue weighted by Crippen LogP contribution is -2.40. The van der Waals surface area contributed by atoms with Crippen LogP contribution in [0.5, 0.6) is 0 Å². The highest BCUT2D eigenvalue weighted by molar-refractivity contribution is 7.92. The van der Waals surface area contributed by atoms with Gasteiger partial charge in [-0.25, -0.2) is 12.8 Å². The number of aromatic nitrogens is 1. The third kappa shape index (κ3) is 2.76. The highest BCUT2D eigenvalue weighted by atomic mass is 35.5. The number of rotatable bonds is 2. The monoisotopic (exact) mass is 325 g/mol. The summed E-state index contributed by atoms with van der Waals surface area (Å²) in [5.74, 6) is 0.